The maximum Gasteiger partial charge on any atom is 0.0594 e. The van der Waals surface area contributed by atoms with Crippen molar-refractivity contribution in [3.8, 4) is 0 Å². The van der Waals surface area contributed by atoms with E-state index in [1.165, 1.54) is 22.6 Å². The van der Waals surface area contributed by atoms with Crippen LogP contribution in [0.4, 0.5) is 0 Å². The monoisotopic (exact) mass is 278 g/mol. The van der Waals surface area contributed by atoms with Crippen LogP contribution in [0.15, 0.2) is 29.2 Å². The van der Waals surface area contributed by atoms with E-state index in [-0.39, 0.29) is 0 Å². The van der Waals surface area contributed by atoms with Gasteiger partial charge in [-0.3, -0.25) is 4.90 Å². The summed E-state index contributed by atoms with van der Waals surface area (Å²) in [4.78, 5) is 3.94. The van der Waals surface area contributed by atoms with Gasteiger partial charge in [-0.1, -0.05) is 18.2 Å². The predicted molar refractivity (Wildman–Crippen MR) is 79.8 cm³/mol. The number of ether oxygens (including phenoxy) is 1. The Morgan fingerprint density at radius 1 is 1.26 bits per heavy atom. The molecule has 2 aliphatic heterocycles. The molecule has 2 heterocycles. The summed E-state index contributed by atoms with van der Waals surface area (Å²) in [5.41, 5.74) is 1.49. The van der Waals surface area contributed by atoms with Gasteiger partial charge in [-0.2, -0.15) is 0 Å². The number of thioether (sulfide) groups is 1. The van der Waals surface area contributed by atoms with Crippen LogP contribution in [0.25, 0.3) is 0 Å². The van der Waals surface area contributed by atoms with Crippen LogP contribution in [0.2, 0.25) is 0 Å². The van der Waals surface area contributed by atoms with Crippen molar-refractivity contribution >= 4 is 11.8 Å². The Morgan fingerprint density at radius 2 is 2.11 bits per heavy atom. The Labute approximate surface area is 119 Å². The highest BCUT2D eigenvalue weighted by Crippen LogP contribution is 2.35. The van der Waals surface area contributed by atoms with Gasteiger partial charge in [-0.05, 0) is 23.8 Å². The Hall–Kier alpha value is -0.550. The molecule has 1 aromatic carbocycles. The first-order chi connectivity index (χ1) is 9.43. The minimum absolute atomic E-state index is 0.540. The lowest BCUT2D eigenvalue weighted by Crippen LogP contribution is -2.41. The molecule has 19 heavy (non-hydrogen) atoms. The lowest BCUT2D eigenvalue weighted by Gasteiger charge is -2.29. The molecule has 0 radical (unpaired) electrons. The molecule has 4 heteroatoms. The fraction of sp³-hybridized carbons (Fsp3) is 0.600. The number of rotatable bonds is 4. The van der Waals surface area contributed by atoms with Gasteiger partial charge in [-0.15, -0.1) is 11.8 Å². The number of hydrogen-bond donors (Lipinski definition) is 1. The van der Waals surface area contributed by atoms with E-state index in [9.17, 15) is 0 Å². The van der Waals surface area contributed by atoms with Gasteiger partial charge in [0, 0.05) is 37.1 Å². The molecule has 0 aliphatic carbocycles. The highest BCUT2D eigenvalue weighted by atomic mass is 32.2. The lowest BCUT2D eigenvalue weighted by atomic mass is 10.0. The van der Waals surface area contributed by atoms with Gasteiger partial charge >= 0.3 is 0 Å². The Kier molecular flexibility index (Phi) is 4.77. The Bertz CT molecular complexity index is 407. The van der Waals surface area contributed by atoms with E-state index in [0.717, 1.165) is 39.4 Å². The molecule has 0 saturated carbocycles. The molecule has 1 unspecified atom stereocenters. The van der Waals surface area contributed by atoms with Crippen LogP contribution in [0.3, 0.4) is 0 Å². The number of nitrogens with zero attached hydrogens (tertiary/aromatic N) is 1. The largest absolute Gasteiger partial charge is 0.379 e. The van der Waals surface area contributed by atoms with Crippen molar-refractivity contribution in [2.45, 2.75) is 17.4 Å². The van der Waals surface area contributed by atoms with Crippen LogP contribution in [-0.4, -0.2) is 50.0 Å². The predicted octanol–water partition coefficient (Wildman–Crippen LogP) is 2.15. The van der Waals surface area contributed by atoms with E-state index in [1.54, 1.807) is 0 Å². The lowest BCUT2D eigenvalue weighted by molar-refractivity contribution is 0.0381. The van der Waals surface area contributed by atoms with Crippen molar-refractivity contribution < 1.29 is 4.74 Å². The third-order valence-corrected chi connectivity index (χ3v) is 5.00. The molecular formula is C15H22N2OS. The molecule has 104 valence electrons. The Balaban J connectivity index is 1.50. The second-order valence-electron chi connectivity index (χ2n) is 5.14. The molecule has 1 fully saturated rings. The summed E-state index contributed by atoms with van der Waals surface area (Å²) in [6, 6.07) is 9.35. The zero-order chi connectivity index (χ0) is 12.9. The van der Waals surface area contributed by atoms with Crippen LogP contribution in [0, 0.1) is 0 Å². The summed E-state index contributed by atoms with van der Waals surface area (Å²) >= 11 is 1.99. The van der Waals surface area contributed by atoms with Crippen molar-refractivity contribution in [1.82, 2.24) is 10.2 Å². The first-order valence-electron chi connectivity index (χ1n) is 7.19. The zero-order valence-corrected chi connectivity index (χ0v) is 12.1. The average molecular weight is 278 g/mol. The fourth-order valence-corrected chi connectivity index (χ4v) is 3.90. The maximum atomic E-state index is 5.38. The van der Waals surface area contributed by atoms with Crippen LogP contribution in [-0.2, 0) is 4.74 Å². The van der Waals surface area contributed by atoms with E-state index >= 15 is 0 Å². The minimum atomic E-state index is 0.540. The van der Waals surface area contributed by atoms with Gasteiger partial charge < -0.3 is 10.1 Å². The van der Waals surface area contributed by atoms with E-state index in [1.807, 2.05) is 11.8 Å². The summed E-state index contributed by atoms with van der Waals surface area (Å²) in [7, 11) is 0. The van der Waals surface area contributed by atoms with Gasteiger partial charge in [0.1, 0.15) is 0 Å². The molecule has 0 aromatic heterocycles. The molecule has 0 spiro atoms. The van der Waals surface area contributed by atoms with Crippen molar-refractivity contribution in [2.75, 3.05) is 45.1 Å². The number of nitrogens with one attached hydrogen (secondary N) is 1. The highest BCUT2D eigenvalue weighted by Gasteiger charge is 2.19. The third kappa shape index (κ3) is 3.51. The summed E-state index contributed by atoms with van der Waals surface area (Å²) < 4.78 is 5.38. The first kappa shape index (κ1) is 13.4. The summed E-state index contributed by atoms with van der Waals surface area (Å²) in [5.74, 6) is 1.23. The number of benzene rings is 1. The SMILES string of the molecule is c1ccc2c(c1)SCCC2NCCN1CCOCC1. The van der Waals surface area contributed by atoms with E-state index in [4.69, 9.17) is 4.74 Å². The second-order valence-corrected chi connectivity index (χ2v) is 6.27. The average Bonchev–Trinajstić information content (AvgIpc) is 2.49. The molecule has 1 N–H and O–H groups in total. The summed E-state index contributed by atoms with van der Waals surface area (Å²) in [6.45, 7) is 6.15. The van der Waals surface area contributed by atoms with E-state index in [2.05, 4.69) is 34.5 Å². The van der Waals surface area contributed by atoms with Crippen molar-refractivity contribution in [3.05, 3.63) is 29.8 Å². The standard InChI is InChI=1S/C15H22N2OS/c1-2-4-15-13(3-1)14(5-12-19-15)16-6-7-17-8-10-18-11-9-17/h1-4,14,16H,5-12H2. The number of morpholine rings is 1. The topological polar surface area (TPSA) is 24.5 Å². The number of hydrogen-bond acceptors (Lipinski definition) is 4. The van der Waals surface area contributed by atoms with Gasteiger partial charge in [0.25, 0.3) is 0 Å². The van der Waals surface area contributed by atoms with Crippen molar-refractivity contribution in [1.29, 1.82) is 0 Å². The van der Waals surface area contributed by atoms with E-state index < -0.39 is 0 Å². The fourth-order valence-electron chi connectivity index (χ4n) is 2.78. The minimum Gasteiger partial charge on any atom is -0.379 e. The first-order valence-corrected chi connectivity index (χ1v) is 8.17. The zero-order valence-electron chi connectivity index (χ0n) is 11.3. The summed E-state index contributed by atoms with van der Waals surface area (Å²) in [5, 5.41) is 3.73. The molecule has 3 nitrogen and oxygen atoms in total. The normalized spacial score (nSPS) is 24.1. The molecule has 3 rings (SSSR count). The van der Waals surface area contributed by atoms with Crippen molar-refractivity contribution in [2.24, 2.45) is 0 Å². The molecular weight excluding hydrogens is 256 g/mol. The molecule has 1 atom stereocenters. The second kappa shape index (κ2) is 6.75. The third-order valence-electron chi connectivity index (χ3n) is 3.88. The molecule has 0 bridgehead atoms. The maximum absolute atomic E-state index is 5.38. The van der Waals surface area contributed by atoms with Gasteiger partial charge in [0.05, 0.1) is 13.2 Å². The highest BCUT2D eigenvalue weighted by molar-refractivity contribution is 7.99. The molecule has 1 saturated heterocycles. The van der Waals surface area contributed by atoms with Crippen LogP contribution in [0.1, 0.15) is 18.0 Å². The van der Waals surface area contributed by atoms with Gasteiger partial charge in [0.15, 0.2) is 0 Å². The van der Waals surface area contributed by atoms with Crippen LogP contribution < -0.4 is 5.32 Å². The van der Waals surface area contributed by atoms with Gasteiger partial charge in [0.2, 0.25) is 0 Å². The van der Waals surface area contributed by atoms with Gasteiger partial charge in [-0.25, -0.2) is 0 Å². The molecule has 1 aromatic rings. The van der Waals surface area contributed by atoms with Crippen LogP contribution >= 0.6 is 11.8 Å². The smallest absolute Gasteiger partial charge is 0.0594 e. The van der Waals surface area contributed by atoms with Crippen LogP contribution in [0.5, 0.6) is 0 Å². The molecule has 2 aliphatic rings. The van der Waals surface area contributed by atoms with Crippen molar-refractivity contribution in [3.63, 3.8) is 0 Å². The van der Waals surface area contributed by atoms with E-state index in [0.29, 0.717) is 6.04 Å². The number of fused-ring (bicyclic) bond motifs is 1. The summed E-state index contributed by atoms with van der Waals surface area (Å²) in [6.07, 6.45) is 1.24. The Morgan fingerprint density at radius 3 is 3.00 bits per heavy atom. The molecule has 0 amide bonds. The quantitative estimate of drug-likeness (QED) is 0.912.